The number of nitrogens with one attached hydrogen (secondary N) is 3. The summed E-state index contributed by atoms with van der Waals surface area (Å²) in [6.45, 7) is 6.37. The normalized spacial score (nSPS) is 13.2. The highest BCUT2D eigenvalue weighted by atomic mass is 32.1. The molecular formula is C26H34F3N5O4S. The molecule has 0 spiro atoms. The van der Waals surface area contributed by atoms with Gasteiger partial charge in [-0.1, -0.05) is 24.3 Å². The van der Waals surface area contributed by atoms with Crippen molar-refractivity contribution in [1.82, 2.24) is 15.7 Å². The number of esters is 1. The van der Waals surface area contributed by atoms with Gasteiger partial charge in [-0.25, -0.2) is 9.86 Å². The summed E-state index contributed by atoms with van der Waals surface area (Å²) in [7, 11) is 2.80. The van der Waals surface area contributed by atoms with Gasteiger partial charge in [-0.15, -0.1) is 0 Å². The van der Waals surface area contributed by atoms with Gasteiger partial charge in [0, 0.05) is 13.6 Å². The highest BCUT2D eigenvalue weighted by molar-refractivity contribution is 7.80. The van der Waals surface area contributed by atoms with E-state index in [1.54, 1.807) is 45.9 Å². The number of rotatable bonds is 8. The van der Waals surface area contributed by atoms with Gasteiger partial charge in [0.05, 0.1) is 35.0 Å². The number of hydroxylamine groups is 2. The number of carbonyl (C=O) groups excluding carboxylic acids is 2. The minimum absolute atomic E-state index is 0.0220. The Hall–Kier alpha value is -3.58. The van der Waals surface area contributed by atoms with E-state index in [1.807, 2.05) is 0 Å². The zero-order valence-electron chi connectivity index (χ0n) is 22.7. The number of hydrogen-bond acceptors (Lipinski definition) is 6. The molecule has 0 saturated carbocycles. The second-order valence-electron chi connectivity index (χ2n) is 10.0. The number of nitrogens with zero attached hydrogens (tertiary/aromatic N) is 1. The monoisotopic (exact) mass is 569 g/mol. The minimum atomic E-state index is -4.57. The van der Waals surface area contributed by atoms with Gasteiger partial charge in [-0.05, 0) is 69.2 Å². The van der Waals surface area contributed by atoms with Crippen LogP contribution in [-0.2, 0) is 32.6 Å². The summed E-state index contributed by atoms with van der Waals surface area (Å²) >= 11 is 5.47. The average Bonchev–Trinajstić information content (AvgIpc) is 2.86. The van der Waals surface area contributed by atoms with Crippen LogP contribution in [0.3, 0.4) is 0 Å². The Morgan fingerprint density at radius 3 is 2.26 bits per heavy atom. The largest absolute Gasteiger partial charge is 0.462 e. The van der Waals surface area contributed by atoms with E-state index in [-0.39, 0.29) is 23.8 Å². The fraction of sp³-hybridized carbons (Fsp3) is 0.423. The number of ether oxygens (including phenoxy) is 1. The Morgan fingerprint density at radius 1 is 1.05 bits per heavy atom. The number of para-hydroxylation sites is 1. The van der Waals surface area contributed by atoms with E-state index in [0.717, 1.165) is 17.2 Å². The highest BCUT2D eigenvalue weighted by Gasteiger charge is 2.36. The van der Waals surface area contributed by atoms with Crippen LogP contribution in [0.4, 0.5) is 29.3 Å². The zero-order chi connectivity index (χ0) is 29.6. The smallest absolute Gasteiger partial charge is 0.416 e. The summed E-state index contributed by atoms with van der Waals surface area (Å²) in [4.78, 5) is 29.3. The number of halogens is 3. The molecule has 2 aromatic rings. The quantitative estimate of drug-likeness (QED) is 0.155. The Morgan fingerprint density at radius 2 is 1.67 bits per heavy atom. The molecule has 0 aliphatic rings. The average molecular weight is 570 g/mol. The first kappa shape index (κ1) is 31.6. The van der Waals surface area contributed by atoms with Crippen LogP contribution in [0.25, 0.3) is 0 Å². The van der Waals surface area contributed by atoms with Crippen molar-refractivity contribution < 1.29 is 32.3 Å². The van der Waals surface area contributed by atoms with Gasteiger partial charge in [0.2, 0.25) is 0 Å². The standard InChI is InChI=1S/C26H34F3N5O4S/c1-24(2,3)21(35)38-15-25(4,17-10-8-11-18(13-17)26(27,28)29)33-22(39)32-19-12-7-9-16(20(19)30)14-31-23(36)34(5)37-6/h7-13H,14-15,30H2,1-6H3,(H,31,36)(H2,32,33,39). The molecule has 0 radical (unpaired) electrons. The maximum Gasteiger partial charge on any atom is 0.416 e. The van der Waals surface area contributed by atoms with E-state index in [0.29, 0.717) is 16.9 Å². The van der Waals surface area contributed by atoms with E-state index in [1.165, 1.54) is 26.3 Å². The van der Waals surface area contributed by atoms with Crippen molar-refractivity contribution in [2.24, 2.45) is 5.41 Å². The molecule has 0 aromatic heterocycles. The molecule has 0 bridgehead atoms. The molecule has 2 amide bonds. The third-order valence-electron chi connectivity index (χ3n) is 5.76. The van der Waals surface area contributed by atoms with Crippen molar-refractivity contribution in [3.05, 3.63) is 59.2 Å². The van der Waals surface area contributed by atoms with E-state index >= 15 is 0 Å². The number of thiocarbonyl (C=S) groups is 1. The molecule has 9 nitrogen and oxygen atoms in total. The first-order chi connectivity index (χ1) is 18.0. The lowest BCUT2D eigenvalue weighted by Gasteiger charge is -2.33. The van der Waals surface area contributed by atoms with E-state index in [2.05, 4.69) is 16.0 Å². The topological polar surface area (TPSA) is 118 Å². The van der Waals surface area contributed by atoms with E-state index in [4.69, 9.17) is 27.5 Å². The Labute approximate surface area is 231 Å². The molecule has 0 aliphatic carbocycles. The maximum atomic E-state index is 13.4. The number of nitrogens with two attached hydrogens (primary N) is 1. The molecule has 1 unspecified atom stereocenters. The molecule has 0 fully saturated rings. The van der Waals surface area contributed by atoms with Crippen molar-refractivity contribution in [2.45, 2.75) is 46.0 Å². The molecule has 0 aliphatic heterocycles. The van der Waals surface area contributed by atoms with Crippen LogP contribution in [0.1, 0.15) is 44.4 Å². The fourth-order valence-electron chi connectivity index (χ4n) is 3.30. The molecule has 214 valence electrons. The predicted octanol–water partition coefficient (Wildman–Crippen LogP) is 4.78. The van der Waals surface area contributed by atoms with Crippen molar-refractivity contribution in [3.63, 3.8) is 0 Å². The Bertz CT molecular complexity index is 1200. The molecule has 2 aromatic carbocycles. The lowest BCUT2D eigenvalue weighted by molar-refractivity contribution is -0.155. The summed E-state index contributed by atoms with van der Waals surface area (Å²) in [6.07, 6.45) is -4.57. The third-order valence-corrected chi connectivity index (χ3v) is 5.96. The van der Waals surface area contributed by atoms with Crippen LogP contribution >= 0.6 is 12.2 Å². The number of nitrogen functional groups attached to an aromatic ring is 1. The zero-order valence-corrected chi connectivity index (χ0v) is 23.5. The van der Waals surface area contributed by atoms with Gasteiger partial charge >= 0.3 is 18.2 Å². The first-order valence-corrected chi connectivity index (χ1v) is 12.3. The molecule has 0 heterocycles. The number of benzene rings is 2. The van der Waals surface area contributed by atoms with Crippen molar-refractivity contribution in [3.8, 4) is 0 Å². The second kappa shape index (κ2) is 12.5. The predicted molar refractivity (Wildman–Crippen MR) is 146 cm³/mol. The third kappa shape index (κ3) is 8.72. The van der Waals surface area contributed by atoms with Crippen molar-refractivity contribution >= 4 is 40.7 Å². The second-order valence-corrected chi connectivity index (χ2v) is 10.4. The lowest BCUT2D eigenvalue weighted by Crippen LogP contribution is -2.49. The van der Waals surface area contributed by atoms with Gasteiger partial charge in [-0.3, -0.25) is 9.63 Å². The molecular weight excluding hydrogens is 535 g/mol. The number of hydrogen-bond donors (Lipinski definition) is 4. The van der Waals surface area contributed by atoms with Crippen LogP contribution in [-0.4, -0.2) is 42.9 Å². The number of amides is 2. The van der Waals surface area contributed by atoms with Gasteiger partial charge < -0.3 is 26.4 Å². The molecule has 5 N–H and O–H groups in total. The van der Waals surface area contributed by atoms with Crippen LogP contribution in [0.2, 0.25) is 0 Å². The van der Waals surface area contributed by atoms with Gasteiger partial charge in [0.1, 0.15) is 6.61 Å². The van der Waals surface area contributed by atoms with Gasteiger partial charge in [0.15, 0.2) is 5.11 Å². The van der Waals surface area contributed by atoms with Gasteiger partial charge in [-0.2, -0.15) is 13.2 Å². The molecule has 39 heavy (non-hydrogen) atoms. The van der Waals surface area contributed by atoms with Crippen molar-refractivity contribution in [1.29, 1.82) is 0 Å². The Balaban J connectivity index is 2.30. The van der Waals surface area contributed by atoms with Gasteiger partial charge in [0.25, 0.3) is 0 Å². The lowest BCUT2D eigenvalue weighted by atomic mass is 9.91. The number of carbonyl (C=O) groups is 2. The molecule has 1 atom stereocenters. The summed E-state index contributed by atoms with van der Waals surface area (Å²) in [5.41, 5.74) is 4.74. The summed E-state index contributed by atoms with van der Waals surface area (Å²) in [5.74, 6) is -0.528. The molecule has 2 rings (SSSR count). The summed E-state index contributed by atoms with van der Waals surface area (Å²) < 4.78 is 45.8. The van der Waals surface area contributed by atoms with Crippen LogP contribution < -0.4 is 21.7 Å². The maximum absolute atomic E-state index is 13.4. The van der Waals surface area contributed by atoms with E-state index < -0.39 is 34.7 Å². The molecule has 13 heteroatoms. The summed E-state index contributed by atoms with van der Waals surface area (Å²) in [5, 5.41) is 9.62. The first-order valence-electron chi connectivity index (χ1n) is 11.8. The highest BCUT2D eigenvalue weighted by Crippen LogP contribution is 2.33. The van der Waals surface area contributed by atoms with Crippen LogP contribution in [0.15, 0.2) is 42.5 Å². The number of anilines is 2. The van der Waals surface area contributed by atoms with Crippen LogP contribution in [0.5, 0.6) is 0 Å². The number of urea groups is 1. The van der Waals surface area contributed by atoms with Crippen LogP contribution in [0, 0.1) is 5.41 Å². The van der Waals surface area contributed by atoms with Crippen molar-refractivity contribution in [2.75, 3.05) is 31.8 Å². The SMILES string of the molecule is CON(C)C(=O)NCc1cccc(NC(=S)NC(C)(COC(=O)C(C)(C)C)c2cccc(C(F)(F)F)c2)c1N. The Kier molecular flexibility index (Phi) is 10.2. The molecule has 0 saturated heterocycles. The fourth-order valence-corrected chi connectivity index (χ4v) is 3.64. The minimum Gasteiger partial charge on any atom is -0.462 e. The van der Waals surface area contributed by atoms with E-state index in [9.17, 15) is 22.8 Å². The summed E-state index contributed by atoms with van der Waals surface area (Å²) in [6, 6.07) is 9.28. The number of alkyl halides is 3.